The van der Waals surface area contributed by atoms with Gasteiger partial charge in [0.15, 0.2) is 5.17 Å². The van der Waals surface area contributed by atoms with Crippen molar-refractivity contribution in [2.75, 3.05) is 19.7 Å². The minimum atomic E-state index is -0.207. The second kappa shape index (κ2) is 13.0. The zero-order valence-corrected chi connectivity index (χ0v) is 25.2. The van der Waals surface area contributed by atoms with Crippen LogP contribution in [0.25, 0.3) is 23.0 Å². The Morgan fingerprint density at radius 1 is 1.02 bits per heavy atom. The van der Waals surface area contributed by atoms with E-state index in [1.165, 1.54) is 17.3 Å². The molecule has 0 bridgehead atoms. The first-order chi connectivity index (χ1) is 20.6. The number of likely N-dealkylation sites (tertiary alicyclic amines) is 1. The van der Waals surface area contributed by atoms with Crippen molar-refractivity contribution in [2.24, 2.45) is 10.9 Å². The van der Waals surface area contributed by atoms with Crippen molar-refractivity contribution in [3.05, 3.63) is 106 Å². The third-order valence-corrected chi connectivity index (χ3v) is 8.92. The Balaban J connectivity index is 1.22. The molecule has 0 atom stereocenters. The molecule has 1 amide bonds. The molecule has 2 aliphatic rings. The Morgan fingerprint density at radius 3 is 2.48 bits per heavy atom. The summed E-state index contributed by atoms with van der Waals surface area (Å²) in [5, 5.41) is 6.23. The van der Waals surface area contributed by atoms with Gasteiger partial charge in [-0.2, -0.15) is 10.1 Å². The van der Waals surface area contributed by atoms with E-state index in [4.69, 9.17) is 21.4 Å². The number of halogens is 1. The Morgan fingerprint density at radius 2 is 1.76 bits per heavy atom. The molecule has 214 valence electrons. The minimum absolute atomic E-state index is 0.207. The molecule has 8 heteroatoms. The number of amides is 1. The van der Waals surface area contributed by atoms with Gasteiger partial charge < -0.3 is 9.64 Å². The molecule has 0 N–H and O–H groups in total. The number of ether oxygens (including phenoxy) is 1. The van der Waals surface area contributed by atoms with Crippen LogP contribution in [0.1, 0.15) is 37.3 Å². The smallest absolute Gasteiger partial charge is 0.286 e. The summed E-state index contributed by atoms with van der Waals surface area (Å²) < 4.78 is 7.61. The molecule has 6 rings (SSSR count). The van der Waals surface area contributed by atoms with Crippen LogP contribution in [0.15, 0.2) is 95.0 Å². The van der Waals surface area contributed by atoms with Gasteiger partial charge in [0.1, 0.15) is 11.4 Å². The van der Waals surface area contributed by atoms with Gasteiger partial charge in [-0.25, -0.2) is 4.68 Å². The summed E-state index contributed by atoms with van der Waals surface area (Å²) in [6.45, 7) is 4.48. The molecule has 4 aromatic rings. The Labute approximate surface area is 256 Å². The molecule has 1 fully saturated rings. The van der Waals surface area contributed by atoms with Crippen molar-refractivity contribution in [3.8, 4) is 22.7 Å². The fourth-order valence-corrected chi connectivity index (χ4v) is 6.55. The van der Waals surface area contributed by atoms with E-state index < -0.39 is 0 Å². The summed E-state index contributed by atoms with van der Waals surface area (Å²) in [6, 6.07) is 26.3. The van der Waals surface area contributed by atoms with E-state index in [1.54, 1.807) is 0 Å². The van der Waals surface area contributed by atoms with E-state index in [-0.39, 0.29) is 5.91 Å². The molecule has 1 saturated heterocycles. The van der Waals surface area contributed by atoms with E-state index in [0.717, 1.165) is 66.4 Å². The van der Waals surface area contributed by atoms with Crippen LogP contribution >= 0.6 is 23.4 Å². The lowest BCUT2D eigenvalue weighted by molar-refractivity contribution is -0.113. The van der Waals surface area contributed by atoms with Crippen molar-refractivity contribution in [2.45, 2.75) is 32.6 Å². The van der Waals surface area contributed by atoms with Crippen molar-refractivity contribution in [1.82, 2.24) is 14.7 Å². The molecule has 0 unspecified atom stereocenters. The first-order valence-electron chi connectivity index (χ1n) is 14.5. The number of nitrogens with zero attached hydrogens (tertiary/aromatic N) is 4. The highest BCUT2D eigenvalue weighted by atomic mass is 35.5. The van der Waals surface area contributed by atoms with Crippen LogP contribution in [-0.4, -0.2) is 45.5 Å². The predicted molar refractivity (Wildman–Crippen MR) is 172 cm³/mol. The van der Waals surface area contributed by atoms with Gasteiger partial charge in [0.05, 0.1) is 22.2 Å². The number of aromatic nitrogens is 2. The average Bonchev–Trinajstić information content (AvgIpc) is 3.61. The third-order valence-electron chi connectivity index (χ3n) is 7.58. The predicted octanol–water partition coefficient (Wildman–Crippen LogP) is 7.91. The monoisotopic (exact) mass is 596 g/mol. The summed E-state index contributed by atoms with van der Waals surface area (Å²) in [5.74, 6) is 1.09. The van der Waals surface area contributed by atoms with E-state index in [9.17, 15) is 4.79 Å². The molecule has 3 aromatic carbocycles. The standard InChI is InChI=1S/C34H33ClN4O2S/c1-2-19-41-30-14-13-26(21-29(30)35)32-27(23-39(37-32)28-11-7-4-8-12-28)22-31-33(40)36-34(42-31)38-17-15-25(16-18-38)20-24-9-5-3-6-10-24/h3-14,21-23,25H,2,15-20H2,1H3/b31-22-. The van der Waals surface area contributed by atoms with E-state index in [2.05, 4.69) is 47.1 Å². The lowest BCUT2D eigenvalue weighted by atomic mass is 9.90. The van der Waals surface area contributed by atoms with Gasteiger partial charge in [0, 0.05) is 30.4 Å². The molecule has 3 heterocycles. The second-order valence-corrected chi connectivity index (χ2v) is 12.1. The fraction of sp³-hybridized carbons (Fsp3) is 0.265. The number of hydrogen-bond donors (Lipinski definition) is 0. The SMILES string of the molecule is CCCOc1ccc(-c2nn(-c3ccccc3)cc2/C=C2\SC(N3CCC(Cc4ccccc4)CC3)=NC2=O)cc1Cl. The van der Waals surface area contributed by atoms with E-state index in [1.807, 2.05) is 65.5 Å². The van der Waals surface area contributed by atoms with Crippen LogP contribution in [0.2, 0.25) is 5.02 Å². The van der Waals surface area contributed by atoms with Gasteiger partial charge in [0.25, 0.3) is 5.91 Å². The zero-order valence-electron chi connectivity index (χ0n) is 23.6. The summed E-state index contributed by atoms with van der Waals surface area (Å²) >= 11 is 8.04. The highest BCUT2D eigenvalue weighted by molar-refractivity contribution is 8.18. The van der Waals surface area contributed by atoms with E-state index in [0.29, 0.717) is 28.2 Å². The van der Waals surface area contributed by atoms with Crippen LogP contribution in [-0.2, 0) is 11.2 Å². The lowest BCUT2D eigenvalue weighted by Crippen LogP contribution is -2.37. The van der Waals surface area contributed by atoms with Gasteiger partial charge in [-0.15, -0.1) is 0 Å². The number of aliphatic imine (C=N–C) groups is 1. The number of carbonyl (C=O) groups is 1. The number of benzene rings is 3. The molecule has 6 nitrogen and oxygen atoms in total. The van der Waals surface area contributed by atoms with Crippen LogP contribution < -0.4 is 4.74 Å². The third kappa shape index (κ3) is 6.48. The number of amidine groups is 1. The van der Waals surface area contributed by atoms with Crippen molar-refractivity contribution < 1.29 is 9.53 Å². The number of para-hydroxylation sites is 1. The van der Waals surface area contributed by atoms with Gasteiger partial charge in [0.2, 0.25) is 0 Å². The summed E-state index contributed by atoms with van der Waals surface area (Å²) in [6.07, 6.45) is 8.04. The fourth-order valence-electron chi connectivity index (χ4n) is 5.36. The molecular formula is C34H33ClN4O2S. The molecule has 0 radical (unpaired) electrons. The van der Waals surface area contributed by atoms with Crippen molar-refractivity contribution in [1.29, 1.82) is 0 Å². The van der Waals surface area contributed by atoms with Gasteiger partial charge in [-0.3, -0.25) is 4.79 Å². The Kier molecular flexibility index (Phi) is 8.77. The van der Waals surface area contributed by atoms with Crippen molar-refractivity contribution in [3.63, 3.8) is 0 Å². The van der Waals surface area contributed by atoms with Crippen LogP contribution in [0.4, 0.5) is 0 Å². The first-order valence-corrected chi connectivity index (χ1v) is 15.7. The molecule has 1 aromatic heterocycles. The van der Waals surface area contributed by atoms with E-state index >= 15 is 0 Å². The number of carbonyl (C=O) groups excluding carboxylic acids is 1. The first kappa shape index (κ1) is 28.3. The Bertz CT molecular complexity index is 1610. The number of piperidine rings is 1. The van der Waals surface area contributed by atoms with Crippen LogP contribution in [0.3, 0.4) is 0 Å². The van der Waals surface area contributed by atoms with Crippen LogP contribution in [0, 0.1) is 5.92 Å². The molecule has 0 saturated carbocycles. The highest BCUT2D eigenvalue weighted by Crippen LogP contribution is 2.36. The summed E-state index contributed by atoms with van der Waals surface area (Å²) in [4.78, 5) is 20.4. The number of thioether (sulfide) groups is 1. The maximum absolute atomic E-state index is 13.1. The molecule has 0 spiro atoms. The number of rotatable bonds is 8. The molecule has 2 aliphatic heterocycles. The van der Waals surface area contributed by atoms with Gasteiger partial charge in [-0.05, 0) is 85.3 Å². The largest absolute Gasteiger partial charge is 0.492 e. The van der Waals surface area contributed by atoms with Gasteiger partial charge >= 0.3 is 0 Å². The Hall–Kier alpha value is -3.81. The average molecular weight is 597 g/mol. The molecular weight excluding hydrogens is 564 g/mol. The van der Waals surface area contributed by atoms with Gasteiger partial charge in [-0.1, -0.05) is 67.1 Å². The van der Waals surface area contributed by atoms with Crippen LogP contribution in [0.5, 0.6) is 5.75 Å². The maximum Gasteiger partial charge on any atom is 0.286 e. The minimum Gasteiger partial charge on any atom is -0.492 e. The summed E-state index contributed by atoms with van der Waals surface area (Å²) in [7, 11) is 0. The second-order valence-electron chi connectivity index (χ2n) is 10.6. The molecule has 42 heavy (non-hydrogen) atoms. The maximum atomic E-state index is 13.1. The topological polar surface area (TPSA) is 59.7 Å². The van der Waals surface area contributed by atoms with Crippen molar-refractivity contribution >= 4 is 40.5 Å². The zero-order chi connectivity index (χ0) is 28.9. The quantitative estimate of drug-likeness (QED) is 0.193. The molecule has 0 aliphatic carbocycles. The lowest BCUT2D eigenvalue weighted by Gasteiger charge is -2.32. The highest BCUT2D eigenvalue weighted by Gasteiger charge is 2.29. The normalized spacial score (nSPS) is 16.7. The number of hydrogen-bond acceptors (Lipinski definition) is 5. The summed E-state index contributed by atoms with van der Waals surface area (Å²) in [5.41, 5.74) is 4.73.